The summed E-state index contributed by atoms with van der Waals surface area (Å²) in [6, 6.07) is -6.50. The van der Waals surface area contributed by atoms with E-state index in [9.17, 15) is 39.0 Å². The molecule has 0 saturated heterocycles. The van der Waals surface area contributed by atoms with E-state index in [4.69, 9.17) is 0 Å². The van der Waals surface area contributed by atoms with Crippen LogP contribution < -0.4 is 31.9 Å². The Kier molecular flexibility index (Phi) is 15.4. The SMILES string of the molecule is CCC(C)[C@@H]1NC(=O)c2csc(n2)[C@@H](C(C)C)NC(=O)[C@H]([C@@H](C)O)NC(=O)[C@H](C(C)C)NC(=O)c2csc(n2)[C@@H](C(C)C)NC(=O)[C@H]([C@@H](C)O)NC1=O. The lowest BCUT2D eigenvalue weighted by molar-refractivity contribution is -0.133. The Bertz CT molecular complexity index is 1620. The third-order valence-corrected chi connectivity index (χ3v) is 11.0. The molecule has 0 aromatic carbocycles. The molecule has 0 spiro atoms. The standard InChI is InChI=1S/C35H54N8O8S2/c1-11-17(8)25-31(49)43-27(19(10)45)33(51)40-23(15(4)5)34-36-20(12-52-34)28(46)38-22(14(2)3)30(48)42-26(18(9)44)32(50)39-24(16(6)7)35-37-21(13-53-35)29(47)41-25/h12-19,22-27,44-45H,11H2,1-10H3,(H,38,46)(H,39,50)(H,40,51)(H,41,47)(H,42,48)(H,43,49)/t17?,18-,19-,22+,23-,24-,25+,26+,27+/m1/s1. The summed E-state index contributed by atoms with van der Waals surface area (Å²) in [6.07, 6.45) is -2.16. The van der Waals surface area contributed by atoms with Gasteiger partial charge in [-0.3, -0.25) is 28.8 Å². The zero-order chi connectivity index (χ0) is 39.9. The Labute approximate surface area is 318 Å². The fraction of sp³-hybridized carbons (Fsp3) is 0.657. The summed E-state index contributed by atoms with van der Waals surface area (Å²) in [6.45, 7) is 17.0. The molecular weight excluding hydrogens is 725 g/mol. The first kappa shape index (κ1) is 43.4. The van der Waals surface area contributed by atoms with Gasteiger partial charge in [0.05, 0.1) is 24.3 Å². The van der Waals surface area contributed by atoms with Crippen molar-refractivity contribution in [1.82, 2.24) is 41.9 Å². The number of hydrogen-bond acceptors (Lipinski definition) is 12. The zero-order valence-corrected chi connectivity index (χ0v) is 33.5. The van der Waals surface area contributed by atoms with Gasteiger partial charge in [-0.2, -0.15) is 0 Å². The second-order valence-electron chi connectivity index (χ2n) is 14.6. The largest absolute Gasteiger partial charge is 0.391 e. The van der Waals surface area contributed by atoms with Gasteiger partial charge < -0.3 is 42.1 Å². The second kappa shape index (κ2) is 18.9. The van der Waals surface area contributed by atoms with Crippen LogP contribution in [0.1, 0.15) is 119 Å². The number of aliphatic hydroxyl groups is 2. The van der Waals surface area contributed by atoms with Gasteiger partial charge in [0.1, 0.15) is 45.6 Å². The number of amides is 6. The highest BCUT2D eigenvalue weighted by atomic mass is 32.1. The number of fused-ring (bicyclic) bond motifs is 4. The van der Waals surface area contributed by atoms with Crippen molar-refractivity contribution in [3.63, 3.8) is 0 Å². The van der Waals surface area contributed by atoms with Gasteiger partial charge in [-0.1, -0.05) is 61.8 Å². The van der Waals surface area contributed by atoms with E-state index in [1.54, 1.807) is 20.8 Å². The molecule has 0 aliphatic carbocycles. The molecule has 294 valence electrons. The lowest BCUT2D eigenvalue weighted by Crippen LogP contribution is -2.59. The summed E-state index contributed by atoms with van der Waals surface area (Å²) in [7, 11) is 0. The molecular formula is C35H54N8O8S2. The molecule has 18 heteroatoms. The number of hydrogen-bond donors (Lipinski definition) is 8. The average Bonchev–Trinajstić information content (AvgIpc) is 3.77. The van der Waals surface area contributed by atoms with E-state index in [-0.39, 0.29) is 29.1 Å². The van der Waals surface area contributed by atoms with Crippen LogP contribution in [-0.2, 0) is 19.2 Å². The minimum atomic E-state index is -1.41. The van der Waals surface area contributed by atoms with Crippen molar-refractivity contribution in [2.24, 2.45) is 23.7 Å². The monoisotopic (exact) mass is 778 g/mol. The lowest BCUT2D eigenvalue weighted by atomic mass is 9.97. The minimum absolute atomic E-state index is 0.0104. The topological polar surface area (TPSA) is 241 Å². The van der Waals surface area contributed by atoms with Gasteiger partial charge in [0.2, 0.25) is 23.6 Å². The number of nitrogens with one attached hydrogen (secondary N) is 6. The Balaban J connectivity index is 2.11. The fourth-order valence-electron chi connectivity index (χ4n) is 5.55. The molecule has 3 heterocycles. The van der Waals surface area contributed by atoms with Crippen molar-refractivity contribution < 1.29 is 39.0 Å². The van der Waals surface area contributed by atoms with Crippen molar-refractivity contribution in [3.05, 3.63) is 32.2 Å². The first-order valence-corrected chi connectivity index (χ1v) is 19.6. The number of nitrogens with zero attached hydrogens (tertiary/aromatic N) is 2. The van der Waals surface area contributed by atoms with E-state index in [0.29, 0.717) is 16.4 Å². The van der Waals surface area contributed by atoms with Gasteiger partial charge in [0, 0.05) is 10.8 Å². The van der Waals surface area contributed by atoms with E-state index in [2.05, 4.69) is 41.9 Å². The molecule has 16 nitrogen and oxygen atoms in total. The Morgan fingerprint density at radius 1 is 0.528 bits per heavy atom. The third kappa shape index (κ3) is 11.0. The van der Waals surface area contributed by atoms with E-state index in [0.717, 1.165) is 22.7 Å². The number of thiazole rings is 2. The van der Waals surface area contributed by atoms with Gasteiger partial charge >= 0.3 is 0 Å². The molecule has 4 bridgehead atoms. The third-order valence-electron chi connectivity index (χ3n) is 9.11. The van der Waals surface area contributed by atoms with Crippen LogP contribution in [-0.4, -0.2) is 92.0 Å². The Hall–Kier alpha value is -4.00. The first-order valence-electron chi connectivity index (χ1n) is 17.9. The van der Waals surface area contributed by atoms with Gasteiger partial charge in [-0.15, -0.1) is 22.7 Å². The molecule has 6 amide bonds. The average molecular weight is 779 g/mol. The van der Waals surface area contributed by atoms with Crippen molar-refractivity contribution in [2.75, 3.05) is 0 Å². The van der Waals surface area contributed by atoms with Crippen LogP contribution in [0, 0.1) is 23.7 Å². The van der Waals surface area contributed by atoms with Gasteiger partial charge in [0.25, 0.3) is 11.8 Å². The summed E-state index contributed by atoms with van der Waals surface area (Å²) in [5, 5.41) is 41.2. The summed E-state index contributed by atoms with van der Waals surface area (Å²) in [5.74, 6) is -5.45. The van der Waals surface area contributed by atoms with Crippen molar-refractivity contribution in [2.45, 2.75) is 124 Å². The number of aromatic nitrogens is 2. The second-order valence-corrected chi connectivity index (χ2v) is 16.4. The Morgan fingerprint density at radius 2 is 0.849 bits per heavy atom. The van der Waals surface area contributed by atoms with E-state index >= 15 is 0 Å². The number of aliphatic hydroxyl groups excluding tert-OH is 2. The van der Waals surface area contributed by atoms with Crippen LogP contribution in [0.3, 0.4) is 0 Å². The molecule has 53 heavy (non-hydrogen) atoms. The highest BCUT2D eigenvalue weighted by Gasteiger charge is 2.37. The summed E-state index contributed by atoms with van der Waals surface area (Å²) in [5.41, 5.74) is -0.0264. The normalized spacial score (nSPS) is 26.1. The highest BCUT2D eigenvalue weighted by molar-refractivity contribution is 7.10. The number of carbonyl (C=O) groups excluding carboxylic acids is 6. The molecule has 2 aromatic rings. The predicted molar refractivity (Wildman–Crippen MR) is 200 cm³/mol. The molecule has 1 unspecified atom stereocenters. The molecule has 0 radical (unpaired) electrons. The number of carbonyl (C=O) groups is 6. The highest BCUT2D eigenvalue weighted by Crippen LogP contribution is 2.27. The summed E-state index contributed by atoms with van der Waals surface area (Å²) in [4.78, 5) is 90.5. The van der Waals surface area contributed by atoms with Crippen molar-refractivity contribution in [3.8, 4) is 0 Å². The molecule has 1 aliphatic heterocycles. The van der Waals surface area contributed by atoms with Crippen molar-refractivity contribution >= 4 is 58.1 Å². The van der Waals surface area contributed by atoms with E-state index in [1.165, 1.54) is 24.6 Å². The molecule has 0 saturated carbocycles. The van der Waals surface area contributed by atoms with Gasteiger partial charge in [-0.05, 0) is 37.5 Å². The maximum atomic E-state index is 13.7. The van der Waals surface area contributed by atoms with Crippen LogP contribution in [0.25, 0.3) is 0 Å². The fourth-order valence-corrected chi connectivity index (χ4v) is 7.59. The zero-order valence-electron chi connectivity index (χ0n) is 31.8. The minimum Gasteiger partial charge on any atom is -0.391 e. The van der Waals surface area contributed by atoms with Crippen molar-refractivity contribution in [1.29, 1.82) is 0 Å². The van der Waals surface area contributed by atoms with Gasteiger partial charge in [-0.25, -0.2) is 9.97 Å². The lowest BCUT2D eigenvalue weighted by Gasteiger charge is -2.29. The number of rotatable bonds is 7. The molecule has 3 rings (SSSR count). The first-order chi connectivity index (χ1) is 24.8. The molecule has 8 N–H and O–H groups in total. The molecule has 1 aliphatic rings. The predicted octanol–water partition coefficient (Wildman–Crippen LogP) is 1.57. The Morgan fingerprint density at radius 3 is 1.19 bits per heavy atom. The summed E-state index contributed by atoms with van der Waals surface area (Å²) >= 11 is 2.21. The summed E-state index contributed by atoms with van der Waals surface area (Å²) < 4.78 is 0. The smallest absolute Gasteiger partial charge is 0.271 e. The van der Waals surface area contributed by atoms with Crippen LogP contribution in [0.4, 0.5) is 0 Å². The van der Waals surface area contributed by atoms with Crippen LogP contribution in [0.15, 0.2) is 10.8 Å². The van der Waals surface area contributed by atoms with Crippen LogP contribution in [0.5, 0.6) is 0 Å². The van der Waals surface area contributed by atoms with E-state index < -0.39 is 89.8 Å². The van der Waals surface area contributed by atoms with Crippen LogP contribution in [0.2, 0.25) is 0 Å². The molecule has 0 fully saturated rings. The molecule has 9 atom stereocenters. The van der Waals surface area contributed by atoms with E-state index in [1.807, 2.05) is 34.6 Å². The van der Waals surface area contributed by atoms with Crippen LogP contribution >= 0.6 is 22.7 Å². The maximum absolute atomic E-state index is 13.7. The van der Waals surface area contributed by atoms with Gasteiger partial charge in [0.15, 0.2) is 0 Å². The quantitative estimate of drug-likeness (QED) is 0.202. The maximum Gasteiger partial charge on any atom is 0.271 e. The molecule has 2 aromatic heterocycles.